The third-order valence-electron chi connectivity index (χ3n) is 1.82. The van der Waals surface area contributed by atoms with Gasteiger partial charge >= 0.3 is 0 Å². The highest BCUT2D eigenvalue weighted by Gasteiger charge is 2.21. The fraction of sp³-hybridized carbons (Fsp3) is 0.778. The molecule has 0 unspecified atom stereocenters. The van der Waals surface area contributed by atoms with Crippen LogP contribution in [-0.4, -0.2) is 28.8 Å². The van der Waals surface area contributed by atoms with E-state index in [0.717, 1.165) is 4.43 Å². The second kappa shape index (κ2) is 7.03. The number of carbonyl (C=O) groups is 2. The zero-order chi connectivity index (χ0) is 11.1. The van der Waals surface area contributed by atoms with E-state index in [0.29, 0.717) is 6.41 Å². The third kappa shape index (κ3) is 4.78. The van der Waals surface area contributed by atoms with Crippen LogP contribution in [0, 0.1) is 5.92 Å². The molecule has 0 heterocycles. The molecular weight excluding hydrogens is 295 g/mol. The molecule has 0 spiro atoms. The number of hydrogen-bond donors (Lipinski definition) is 2. The molecule has 2 amide bonds. The Bertz CT molecular complexity index is 197. The maximum absolute atomic E-state index is 11.6. The lowest BCUT2D eigenvalue weighted by Gasteiger charge is -2.21. The fourth-order valence-electron chi connectivity index (χ4n) is 1.02. The molecule has 2 atom stereocenters. The number of halogens is 1. The van der Waals surface area contributed by atoms with Crippen LogP contribution < -0.4 is 10.6 Å². The minimum Gasteiger partial charge on any atom is -0.351 e. The van der Waals surface area contributed by atoms with Crippen molar-refractivity contribution in [3.05, 3.63) is 0 Å². The molecule has 0 saturated carbocycles. The fourth-order valence-corrected chi connectivity index (χ4v) is 1.24. The highest BCUT2D eigenvalue weighted by Crippen LogP contribution is 2.02. The Morgan fingerprint density at radius 3 is 2.36 bits per heavy atom. The van der Waals surface area contributed by atoms with E-state index in [1.165, 1.54) is 0 Å². The van der Waals surface area contributed by atoms with Crippen molar-refractivity contribution >= 4 is 34.9 Å². The van der Waals surface area contributed by atoms with E-state index in [2.05, 4.69) is 33.2 Å². The second-order valence-corrected chi connectivity index (χ2v) is 4.45. The molecule has 0 aliphatic rings. The lowest BCUT2D eigenvalue weighted by atomic mass is 10.0. The van der Waals surface area contributed by atoms with Gasteiger partial charge in [-0.1, -0.05) is 36.4 Å². The topological polar surface area (TPSA) is 58.2 Å². The van der Waals surface area contributed by atoms with E-state index >= 15 is 0 Å². The summed E-state index contributed by atoms with van der Waals surface area (Å²) in [5.74, 6) is -0.0159. The van der Waals surface area contributed by atoms with Crippen molar-refractivity contribution in [3.63, 3.8) is 0 Å². The predicted octanol–water partition coefficient (Wildman–Crippen LogP) is 0.697. The van der Waals surface area contributed by atoms with Crippen LogP contribution >= 0.6 is 22.6 Å². The summed E-state index contributed by atoms with van der Waals surface area (Å²) in [5.41, 5.74) is 0. The summed E-state index contributed by atoms with van der Waals surface area (Å²) >= 11 is 2.20. The molecule has 0 aliphatic heterocycles. The van der Waals surface area contributed by atoms with Crippen molar-refractivity contribution in [2.45, 2.75) is 32.9 Å². The van der Waals surface area contributed by atoms with Gasteiger partial charge in [0, 0.05) is 10.5 Å². The lowest BCUT2D eigenvalue weighted by molar-refractivity contribution is -0.126. The van der Waals surface area contributed by atoms with Crippen LogP contribution in [0.3, 0.4) is 0 Å². The molecule has 0 aromatic rings. The maximum atomic E-state index is 11.6. The van der Waals surface area contributed by atoms with Gasteiger partial charge in [-0.2, -0.15) is 0 Å². The van der Waals surface area contributed by atoms with Gasteiger partial charge in [-0.05, 0) is 12.8 Å². The highest BCUT2D eigenvalue weighted by atomic mass is 127. The van der Waals surface area contributed by atoms with E-state index in [4.69, 9.17) is 0 Å². The summed E-state index contributed by atoms with van der Waals surface area (Å²) in [6.45, 7) is 5.73. The first-order valence-electron chi connectivity index (χ1n) is 4.59. The van der Waals surface area contributed by atoms with Crippen molar-refractivity contribution in [2.75, 3.05) is 4.43 Å². The lowest BCUT2D eigenvalue weighted by Crippen LogP contribution is -2.49. The predicted molar refractivity (Wildman–Crippen MR) is 64.3 cm³/mol. The van der Waals surface area contributed by atoms with E-state index in [-0.39, 0.29) is 17.9 Å². The second-order valence-electron chi connectivity index (χ2n) is 3.57. The average molecular weight is 312 g/mol. The number of hydrogen-bond acceptors (Lipinski definition) is 2. The first-order chi connectivity index (χ1) is 6.52. The first-order valence-corrected chi connectivity index (χ1v) is 6.11. The molecule has 4 nitrogen and oxygen atoms in total. The summed E-state index contributed by atoms with van der Waals surface area (Å²) in [5, 5.41) is 5.34. The summed E-state index contributed by atoms with van der Waals surface area (Å²) in [4.78, 5) is 21.9. The third-order valence-corrected chi connectivity index (χ3v) is 3.14. The molecule has 0 saturated heterocycles. The first kappa shape index (κ1) is 13.7. The maximum Gasteiger partial charge on any atom is 0.243 e. The Morgan fingerprint density at radius 2 is 2.00 bits per heavy atom. The molecule has 0 bridgehead atoms. The van der Waals surface area contributed by atoms with E-state index < -0.39 is 6.04 Å². The Labute approximate surface area is 98.3 Å². The smallest absolute Gasteiger partial charge is 0.243 e. The minimum absolute atomic E-state index is 0.0987. The monoisotopic (exact) mass is 312 g/mol. The molecule has 2 N–H and O–H groups in total. The quantitative estimate of drug-likeness (QED) is 0.431. The van der Waals surface area contributed by atoms with Gasteiger partial charge in [0.15, 0.2) is 0 Å². The largest absolute Gasteiger partial charge is 0.351 e. The summed E-state index contributed by atoms with van der Waals surface area (Å²) in [6, 6.07) is -0.296. The number of alkyl halides is 1. The molecule has 0 aliphatic carbocycles. The van der Waals surface area contributed by atoms with Crippen LogP contribution in [0.4, 0.5) is 0 Å². The summed E-state index contributed by atoms with van der Waals surface area (Å²) in [7, 11) is 0. The SMILES string of the molecule is CC(C)[C@H](NC=O)C(=O)N[C@@H](C)CI. The van der Waals surface area contributed by atoms with E-state index in [9.17, 15) is 9.59 Å². The molecule has 0 radical (unpaired) electrons. The van der Waals surface area contributed by atoms with Crippen molar-refractivity contribution in [1.29, 1.82) is 0 Å². The van der Waals surface area contributed by atoms with Crippen molar-refractivity contribution in [2.24, 2.45) is 5.92 Å². The average Bonchev–Trinajstić information content (AvgIpc) is 2.13. The summed E-state index contributed by atoms with van der Waals surface area (Å²) < 4.78 is 0.857. The van der Waals surface area contributed by atoms with Gasteiger partial charge in [-0.3, -0.25) is 9.59 Å². The van der Waals surface area contributed by atoms with Gasteiger partial charge in [0.25, 0.3) is 0 Å². The molecule has 5 heteroatoms. The van der Waals surface area contributed by atoms with Crippen LogP contribution in [0.25, 0.3) is 0 Å². The zero-order valence-corrected chi connectivity index (χ0v) is 10.9. The number of nitrogens with one attached hydrogen (secondary N) is 2. The van der Waals surface area contributed by atoms with E-state index in [1.54, 1.807) is 0 Å². The molecule has 82 valence electrons. The van der Waals surface area contributed by atoms with Crippen LogP contribution in [0.2, 0.25) is 0 Å². The van der Waals surface area contributed by atoms with Gasteiger partial charge in [0.05, 0.1) is 0 Å². The minimum atomic E-state index is -0.433. The number of carbonyl (C=O) groups excluding carboxylic acids is 2. The number of rotatable bonds is 6. The van der Waals surface area contributed by atoms with E-state index in [1.807, 2.05) is 20.8 Å². The normalized spacial score (nSPS) is 14.6. The van der Waals surface area contributed by atoms with Crippen LogP contribution in [0.5, 0.6) is 0 Å². The van der Waals surface area contributed by atoms with Gasteiger partial charge in [-0.15, -0.1) is 0 Å². The van der Waals surface area contributed by atoms with Crippen LogP contribution in [-0.2, 0) is 9.59 Å². The summed E-state index contributed by atoms with van der Waals surface area (Å²) in [6.07, 6.45) is 0.568. The van der Waals surface area contributed by atoms with Crippen molar-refractivity contribution < 1.29 is 9.59 Å². The van der Waals surface area contributed by atoms with Crippen molar-refractivity contribution in [1.82, 2.24) is 10.6 Å². The van der Waals surface area contributed by atoms with Crippen LogP contribution in [0.15, 0.2) is 0 Å². The standard InChI is InChI=1S/C9H17IN2O2/c1-6(2)8(11-5-13)9(14)12-7(3)4-10/h5-8H,4H2,1-3H3,(H,11,13)(H,12,14)/t7-,8-/m0/s1. The molecule has 0 aromatic heterocycles. The molecule has 0 fully saturated rings. The van der Waals surface area contributed by atoms with Crippen molar-refractivity contribution in [3.8, 4) is 0 Å². The van der Waals surface area contributed by atoms with Gasteiger partial charge in [0.1, 0.15) is 6.04 Å². The Morgan fingerprint density at radius 1 is 1.43 bits per heavy atom. The van der Waals surface area contributed by atoms with Crippen LogP contribution in [0.1, 0.15) is 20.8 Å². The van der Waals surface area contributed by atoms with Gasteiger partial charge in [-0.25, -0.2) is 0 Å². The zero-order valence-electron chi connectivity index (χ0n) is 8.71. The Balaban J connectivity index is 4.21. The Hall–Kier alpha value is -0.330. The molecule has 14 heavy (non-hydrogen) atoms. The molecule has 0 rings (SSSR count). The number of amides is 2. The van der Waals surface area contributed by atoms with Gasteiger partial charge in [0.2, 0.25) is 12.3 Å². The Kier molecular flexibility index (Phi) is 6.86. The van der Waals surface area contributed by atoms with Gasteiger partial charge < -0.3 is 10.6 Å². The molecule has 0 aromatic carbocycles. The highest BCUT2D eigenvalue weighted by molar-refractivity contribution is 14.1. The molecular formula is C9H17IN2O2.